The third-order valence-electron chi connectivity index (χ3n) is 15.2. The van der Waals surface area contributed by atoms with Gasteiger partial charge in [0.05, 0.1) is 0 Å². The van der Waals surface area contributed by atoms with E-state index >= 15 is 8.78 Å². The number of halogens is 2. The molecule has 0 amide bonds. The number of fused-ring (bicyclic) bond motifs is 4. The largest absolute Gasteiger partial charge is 0.509 e. The summed E-state index contributed by atoms with van der Waals surface area (Å²) in [7, 11) is 0. The van der Waals surface area contributed by atoms with E-state index in [-0.39, 0.29) is 42.7 Å². The van der Waals surface area contributed by atoms with Crippen LogP contribution in [-0.2, 0) is 42.7 Å². The summed E-state index contributed by atoms with van der Waals surface area (Å²) in [6, 6.07) is 58.0. The predicted octanol–water partition coefficient (Wildman–Crippen LogP) is 20.1. The van der Waals surface area contributed by atoms with Gasteiger partial charge in [-0.25, -0.2) is 13.8 Å². The molecule has 0 spiro atoms. The SMILES string of the molecule is Cc1cc(C)cc(-c2cccc(-c3cc(F)cc(F)c3)c2N2[CH-]N(c3[c-]c(Oc4[c-]c5c(cc4)c4ccccc4n5-c4cc(C(C)(C)C)ccn4)cc(-c4c(C(C)(C)C)cc(C(C)(C)C)cc4C(C)(C)C)c3)c3ccccc32)c1.[Pt]. The Balaban J connectivity index is 0.00000720. The van der Waals surface area contributed by atoms with Crippen LogP contribution in [0.1, 0.15) is 116 Å². The van der Waals surface area contributed by atoms with Crippen LogP contribution < -0.4 is 14.5 Å². The maximum absolute atomic E-state index is 15.3. The molecule has 0 saturated carbocycles. The zero-order valence-electron chi connectivity index (χ0n) is 48.4. The third kappa shape index (κ3) is 10.6. The number of pyridine rings is 1. The van der Waals surface area contributed by atoms with Gasteiger partial charge in [0.2, 0.25) is 0 Å². The van der Waals surface area contributed by atoms with Crippen LogP contribution in [0.4, 0.5) is 31.5 Å². The van der Waals surface area contributed by atoms with Gasteiger partial charge < -0.3 is 19.1 Å². The summed E-state index contributed by atoms with van der Waals surface area (Å²) in [6.45, 7) is 33.6. The van der Waals surface area contributed by atoms with Crippen molar-refractivity contribution >= 4 is 44.6 Å². The molecule has 80 heavy (non-hydrogen) atoms. The van der Waals surface area contributed by atoms with E-state index in [4.69, 9.17) is 9.72 Å². The molecule has 0 saturated heterocycles. The number of hydrogen-bond acceptors (Lipinski definition) is 4. The Bertz CT molecular complexity index is 3890. The molecular formula is C72H69F2N4OPt-3. The molecule has 11 rings (SSSR count). The van der Waals surface area contributed by atoms with Gasteiger partial charge in [-0.3, -0.25) is 0 Å². The number of ether oxygens (including phenoxy) is 1. The van der Waals surface area contributed by atoms with Crippen molar-refractivity contribution in [1.29, 1.82) is 0 Å². The van der Waals surface area contributed by atoms with Crippen molar-refractivity contribution in [2.45, 2.75) is 119 Å². The molecular weight excluding hydrogens is 1170 g/mol. The van der Waals surface area contributed by atoms with Gasteiger partial charge in [-0.2, -0.15) is 6.07 Å². The minimum absolute atomic E-state index is 0. The summed E-state index contributed by atoms with van der Waals surface area (Å²) < 4.78 is 40.0. The van der Waals surface area contributed by atoms with Gasteiger partial charge in [0.25, 0.3) is 0 Å². The van der Waals surface area contributed by atoms with Crippen LogP contribution >= 0.6 is 0 Å². The summed E-state index contributed by atoms with van der Waals surface area (Å²) in [4.78, 5) is 9.26. The van der Waals surface area contributed by atoms with Crippen molar-refractivity contribution in [2.24, 2.45) is 0 Å². The Hall–Kier alpha value is -7.34. The van der Waals surface area contributed by atoms with Crippen LogP contribution in [-0.4, -0.2) is 9.55 Å². The topological polar surface area (TPSA) is 33.5 Å². The molecule has 0 N–H and O–H groups in total. The molecule has 2 aromatic heterocycles. The van der Waals surface area contributed by atoms with Crippen LogP contribution in [0, 0.1) is 44.3 Å². The van der Waals surface area contributed by atoms with Crippen molar-refractivity contribution in [1.82, 2.24) is 9.55 Å². The van der Waals surface area contributed by atoms with Gasteiger partial charge in [0.1, 0.15) is 17.5 Å². The summed E-state index contributed by atoms with van der Waals surface area (Å²) in [5, 5.41) is 2.14. The van der Waals surface area contributed by atoms with Gasteiger partial charge in [-0.05, 0) is 122 Å². The Labute approximate surface area is 486 Å². The second-order valence-electron chi connectivity index (χ2n) is 25.6. The average Bonchev–Trinajstić information content (AvgIpc) is 3.98. The number of aromatic nitrogens is 2. The molecule has 0 bridgehead atoms. The molecule has 1 aliphatic rings. The fraction of sp³-hybridized carbons (Fsp3) is 0.250. The van der Waals surface area contributed by atoms with Gasteiger partial charge in [-0.1, -0.05) is 179 Å². The first-order valence-electron chi connectivity index (χ1n) is 27.4. The molecule has 410 valence electrons. The predicted molar refractivity (Wildman–Crippen MR) is 325 cm³/mol. The summed E-state index contributed by atoms with van der Waals surface area (Å²) in [5.74, 6) is 0.555. The average molecular weight is 1240 g/mol. The molecule has 1 aliphatic heterocycles. The van der Waals surface area contributed by atoms with Crippen LogP contribution in [0.2, 0.25) is 0 Å². The third-order valence-corrected chi connectivity index (χ3v) is 15.2. The molecule has 0 aliphatic carbocycles. The number of aryl methyl sites for hydroxylation is 2. The molecule has 5 nitrogen and oxygen atoms in total. The Kier molecular flexibility index (Phi) is 14.4. The van der Waals surface area contributed by atoms with Crippen LogP contribution in [0.3, 0.4) is 0 Å². The summed E-state index contributed by atoms with van der Waals surface area (Å²) >= 11 is 0. The van der Waals surface area contributed by atoms with E-state index in [1.165, 1.54) is 34.4 Å². The van der Waals surface area contributed by atoms with E-state index < -0.39 is 11.6 Å². The van der Waals surface area contributed by atoms with E-state index in [0.29, 0.717) is 22.6 Å². The van der Waals surface area contributed by atoms with Crippen LogP contribution in [0.5, 0.6) is 11.5 Å². The fourth-order valence-corrected chi connectivity index (χ4v) is 11.3. The number of hydrogen-bond donors (Lipinski definition) is 0. The van der Waals surface area contributed by atoms with Crippen molar-refractivity contribution in [3.63, 3.8) is 0 Å². The monoisotopic (exact) mass is 1240 g/mol. The van der Waals surface area contributed by atoms with Gasteiger partial charge in [0.15, 0.2) is 0 Å². The first kappa shape index (κ1) is 56.0. The van der Waals surface area contributed by atoms with Gasteiger partial charge in [-0.15, -0.1) is 53.6 Å². The standard InChI is InChI=1S/C72H69F2N4O.Pt/c1-44-30-45(2)32-46(31-44)56-21-19-22-57(47-33-51(73)40-52(74)34-47)68(56)77-43-76(63-24-17-18-25-64(63)77)53-35-48(67-60(71(9,10)11)37-50(70(6,7)8)38-61(67)72(12,13)14)36-55(41-53)79-54-26-27-59-58-20-15-16-23-62(58)78(65(59)42-54)66-39-49(28-29-75-66)69(3,4)5;/h15-40,43H,1-14H3;/q-3;. The molecule has 0 fully saturated rings. The summed E-state index contributed by atoms with van der Waals surface area (Å²) in [6.07, 6.45) is 1.89. The minimum atomic E-state index is -0.645. The molecule has 3 heterocycles. The fourth-order valence-electron chi connectivity index (χ4n) is 11.3. The first-order chi connectivity index (χ1) is 37.3. The molecule has 10 aromatic rings. The van der Waals surface area contributed by atoms with Crippen LogP contribution in [0.15, 0.2) is 158 Å². The normalized spacial score (nSPS) is 13.1. The number of anilines is 4. The molecule has 0 radical (unpaired) electrons. The second-order valence-corrected chi connectivity index (χ2v) is 25.6. The molecule has 0 atom stereocenters. The number of nitrogens with zero attached hydrogens (tertiary/aromatic N) is 4. The molecule has 8 heteroatoms. The van der Waals surface area contributed by atoms with Crippen molar-refractivity contribution < 1.29 is 34.6 Å². The zero-order valence-corrected chi connectivity index (χ0v) is 50.6. The molecule has 0 unspecified atom stereocenters. The Morgan fingerprint density at radius 1 is 0.500 bits per heavy atom. The van der Waals surface area contributed by atoms with Crippen molar-refractivity contribution in [3.05, 3.63) is 222 Å². The van der Waals surface area contributed by atoms with Crippen LogP contribution in [0.25, 0.3) is 61.0 Å². The van der Waals surface area contributed by atoms with E-state index in [9.17, 15) is 0 Å². The van der Waals surface area contributed by atoms with Gasteiger partial charge >= 0.3 is 0 Å². The van der Waals surface area contributed by atoms with Crippen molar-refractivity contribution in [3.8, 4) is 50.7 Å². The zero-order chi connectivity index (χ0) is 56.1. The van der Waals surface area contributed by atoms with Gasteiger partial charge in [0, 0.05) is 78.5 Å². The maximum atomic E-state index is 15.3. The van der Waals surface area contributed by atoms with E-state index in [1.54, 1.807) is 0 Å². The second kappa shape index (κ2) is 20.6. The minimum Gasteiger partial charge on any atom is -0.509 e. The number of benzene rings is 8. The van der Waals surface area contributed by atoms with E-state index in [0.717, 1.165) is 89.8 Å². The van der Waals surface area contributed by atoms with E-state index in [2.05, 4.69) is 233 Å². The smallest absolute Gasteiger partial charge is 0.135 e. The molecule has 8 aromatic carbocycles. The Morgan fingerprint density at radius 3 is 1.70 bits per heavy atom. The number of para-hydroxylation sites is 4. The Morgan fingerprint density at radius 2 is 1.09 bits per heavy atom. The number of rotatable bonds is 8. The van der Waals surface area contributed by atoms with Crippen molar-refractivity contribution in [2.75, 3.05) is 9.80 Å². The first-order valence-corrected chi connectivity index (χ1v) is 27.4. The quantitative estimate of drug-likeness (QED) is 0.142. The summed E-state index contributed by atoms with van der Waals surface area (Å²) in [5.41, 5.74) is 16.8. The maximum Gasteiger partial charge on any atom is 0.135 e. The van der Waals surface area contributed by atoms with E-state index in [1.807, 2.05) is 36.5 Å².